The highest BCUT2D eigenvalue weighted by atomic mass is 16.2. The third-order valence-electron chi connectivity index (χ3n) is 2.34. The number of anilines is 1. The monoisotopic (exact) mass is 265 g/mol. The second-order valence-corrected chi connectivity index (χ2v) is 4.28. The maximum absolute atomic E-state index is 11.8. The largest absolute Gasteiger partial charge is 0.370 e. The smallest absolute Gasteiger partial charge is 0.272 e. The molecule has 1 aromatic heterocycles. The summed E-state index contributed by atoms with van der Waals surface area (Å²) in [6.07, 6.45) is 1.07. The van der Waals surface area contributed by atoms with E-state index in [4.69, 9.17) is 5.73 Å². The molecule has 2 amide bonds. The number of primary amides is 1. The van der Waals surface area contributed by atoms with Crippen molar-refractivity contribution in [1.82, 2.24) is 15.5 Å². The van der Waals surface area contributed by atoms with Crippen molar-refractivity contribution in [3.63, 3.8) is 0 Å². The molecule has 0 aromatic carbocycles. The normalized spacial score (nSPS) is 11.7. The topological polar surface area (TPSA) is 110 Å². The molecule has 104 valence electrons. The van der Waals surface area contributed by atoms with Gasteiger partial charge in [0.05, 0.1) is 0 Å². The predicted octanol–water partition coefficient (Wildman–Crippen LogP) is 0.292. The number of carbonyl (C=O) groups is 2. The van der Waals surface area contributed by atoms with E-state index >= 15 is 0 Å². The molecule has 0 aliphatic heterocycles. The number of carbonyl (C=O) groups excluding carboxylic acids is 2. The van der Waals surface area contributed by atoms with Gasteiger partial charge in [-0.15, -0.1) is 10.2 Å². The van der Waals surface area contributed by atoms with Crippen molar-refractivity contribution >= 4 is 17.6 Å². The molecule has 19 heavy (non-hydrogen) atoms. The Balaban J connectivity index is 2.55. The molecule has 1 unspecified atom stereocenters. The lowest BCUT2D eigenvalue weighted by Crippen LogP contribution is -2.36. The number of nitrogens with two attached hydrogens (primary N) is 1. The fourth-order valence-corrected chi connectivity index (χ4v) is 1.45. The highest BCUT2D eigenvalue weighted by Gasteiger charge is 2.13. The first kappa shape index (κ1) is 14.9. The SMILES string of the molecule is CCCNc1ccc(C(=O)NC(C)CC(N)=O)nn1. The van der Waals surface area contributed by atoms with E-state index in [-0.39, 0.29) is 24.1 Å². The minimum absolute atomic E-state index is 0.0926. The molecule has 0 aliphatic rings. The van der Waals surface area contributed by atoms with Crippen LogP contribution >= 0.6 is 0 Å². The number of hydrogen-bond acceptors (Lipinski definition) is 5. The van der Waals surface area contributed by atoms with E-state index < -0.39 is 5.91 Å². The third-order valence-corrected chi connectivity index (χ3v) is 2.34. The van der Waals surface area contributed by atoms with Gasteiger partial charge in [0.25, 0.3) is 5.91 Å². The van der Waals surface area contributed by atoms with E-state index in [0.717, 1.165) is 13.0 Å². The molecule has 0 saturated carbocycles. The highest BCUT2D eigenvalue weighted by molar-refractivity contribution is 5.92. The standard InChI is InChI=1S/C12H19N5O2/c1-3-6-14-11-5-4-9(16-17-11)12(19)15-8(2)7-10(13)18/h4-5,8H,3,6-7H2,1-2H3,(H2,13,18)(H,14,17)(H,15,19). The number of rotatable bonds is 7. The Morgan fingerprint density at radius 3 is 2.63 bits per heavy atom. The van der Waals surface area contributed by atoms with E-state index in [9.17, 15) is 9.59 Å². The van der Waals surface area contributed by atoms with Crippen molar-refractivity contribution in [2.75, 3.05) is 11.9 Å². The molecular formula is C12H19N5O2. The van der Waals surface area contributed by atoms with E-state index in [0.29, 0.717) is 5.82 Å². The number of nitrogens with one attached hydrogen (secondary N) is 2. The minimum Gasteiger partial charge on any atom is -0.370 e. The molecule has 0 spiro atoms. The highest BCUT2D eigenvalue weighted by Crippen LogP contribution is 2.02. The van der Waals surface area contributed by atoms with Gasteiger partial charge in [0.1, 0.15) is 5.82 Å². The van der Waals surface area contributed by atoms with E-state index in [1.165, 1.54) is 0 Å². The molecule has 1 heterocycles. The summed E-state index contributed by atoms with van der Waals surface area (Å²) in [6, 6.07) is 2.94. The number of aromatic nitrogens is 2. The van der Waals surface area contributed by atoms with Gasteiger partial charge in [0.15, 0.2) is 5.69 Å². The number of amides is 2. The molecular weight excluding hydrogens is 246 g/mol. The Kier molecular flexibility index (Phi) is 5.72. The summed E-state index contributed by atoms with van der Waals surface area (Å²) in [4.78, 5) is 22.5. The summed E-state index contributed by atoms with van der Waals surface area (Å²) >= 11 is 0. The van der Waals surface area contributed by atoms with E-state index in [1.807, 2.05) is 6.92 Å². The predicted molar refractivity (Wildman–Crippen MR) is 71.6 cm³/mol. The lowest BCUT2D eigenvalue weighted by Gasteiger charge is -2.11. The summed E-state index contributed by atoms with van der Waals surface area (Å²) in [7, 11) is 0. The maximum Gasteiger partial charge on any atom is 0.272 e. The summed E-state index contributed by atoms with van der Waals surface area (Å²) < 4.78 is 0. The Morgan fingerprint density at radius 1 is 1.37 bits per heavy atom. The zero-order valence-corrected chi connectivity index (χ0v) is 11.1. The Bertz CT molecular complexity index is 432. The molecule has 0 aliphatic carbocycles. The molecule has 1 atom stereocenters. The molecule has 0 radical (unpaired) electrons. The van der Waals surface area contributed by atoms with Crippen LogP contribution in [-0.4, -0.2) is 34.6 Å². The van der Waals surface area contributed by atoms with Gasteiger partial charge in [0.2, 0.25) is 5.91 Å². The van der Waals surface area contributed by atoms with Crippen molar-refractivity contribution in [2.24, 2.45) is 5.73 Å². The first-order valence-corrected chi connectivity index (χ1v) is 6.19. The average molecular weight is 265 g/mol. The van der Waals surface area contributed by atoms with Crippen molar-refractivity contribution in [1.29, 1.82) is 0 Å². The fourth-order valence-electron chi connectivity index (χ4n) is 1.45. The van der Waals surface area contributed by atoms with Gasteiger partial charge < -0.3 is 16.4 Å². The molecule has 7 nitrogen and oxygen atoms in total. The van der Waals surface area contributed by atoms with Crippen LogP contribution in [0.2, 0.25) is 0 Å². The zero-order chi connectivity index (χ0) is 14.3. The molecule has 4 N–H and O–H groups in total. The van der Waals surface area contributed by atoms with Gasteiger partial charge in [-0.1, -0.05) is 6.92 Å². The first-order valence-electron chi connectivity index (χ1n) is 6.19. The van der Waals surface area contributed by atoms with Crippen molar-refractivity contribution in [3.8, 4) is 0 Å². The third kappa shape index (κ3) is 5.33. The lowest BCUT2D eigenvalue weighted by molar-refractivity contribution is -0.118. The average Bonchev–Trinajstić information content (AvgIpc) is 2.35. The lowest BCUT2D eigenvalue weighted by atomic mass is 10.2. The molecule has 0 saturated heterocycles. The molecule has 7 heteroatoms. The van der Waals surface area contributed by atoms with Crippen LogP contribution in [0.1, 0.15) is 37.2 Å². The van der Waals surface area contributed by atoms with Crippen LogP contribution in [-0.2, 0) is 4.79 Å². The minimum atomic E-state index is -0.460. The van der Waals surface area contributed by atoms with Crippen molar-refractivity contribution in [2.45, 2.75) is 32.7 Å². The van der Waals surface area contributed by atoms with Crippen LogP contribution in [0, 0.1) is 0 Å². The second kappa shape index (κ2) is 7.30. The van der Waals surface area contributed by atoms with Gasteiger partial charge in [-0.05, 0) is 25.5 Å². The fraction of sp³-hybridized carbons (Fsp3) is 0.500. The van der Waals surface area contributed by atoms with Gasteiger partial charge >= 0.3 is 0 Å². The van der Waals surface area contributed by atoms with Crippen LogP contribution in [0.15, 0.2) is 12.1 Å². The molecule has 0 fully saturated rings. The van der Waals surface area contributed by atoms with Crippen LogP contribution in [0.4, 0.5) is 5.82 Å². The summed E-state index contributed by atoms with van der Waals surface area (Å²) in [6.45, 7) is 4.55. The quantitative estimate of drug-likeness (QED) is 0.656. The van der Waals surface area contributed by atoms with Crippen molar-refractivity contribution < 1.29 is 9.59 Å². The summed E-state index contributed by atoms with van der Waals surface area (Å²) in [5, 5.41) is 13.4. The number of nitrogens with zero attached hydrogens (tertiary/aromatic N) is 2. The van der Waals surface area contributed by atoms with Gasteiger partial charge in [0, 0.05) is 19.0 Å². The zero-order valence-electron chi connectivity index (χ0n) is 11.1. The van der Waals surface area contributed by atoms with Gasteiger partial charge in [-0.3, -0.25) is 9.59 Å². The van der Waals surface area contributed by atoms with Gasteiger partial charge in [-0.2, -0.15) is 0 Å². The van der Waals surface area contributed by atoms with Crippen LogP contribution < -0.4 is 16.4 Å². The van der Waals surface area contributed by atoms with Crippen LogP contribution in [0.3, 0.4) is 0 Å². The Morgan fingerprint density at radius 2 is 2.11 bits per heavy atom. The van der Waals surface area contributed by atoms with E-state index in [2.05, 4.69) is 20.8 Å². The van der Waals surface area contributed by atoms with Crippen molar-refractivity contribution in [3.05, 3.63) is 17.8 Å². The Hall–Kier alpha value is -2.18. The molecule has 1 rings (SSSR count). The molecule has 1 aromatic rings. The Labute approximate surface area is 112 Å². The van der Waals surface area contributed by atoms with E-state index in [1.54, 1.807) is 19.1 Å². The van der Waals surface area contributed by atoms with Gasteiger partial charge in [-0.25, -0.2) is 0 Å². The molecule has 0 bridgehead atoms. The van der Waals surface area contributed by atoms with Crippen LogP contribution in [0.25, 0.3) is 0 Å². The summed E-state index contributed by atoms with van der Waals surface area (Å²) in [5.41, 5.74) is 5.25. The summed E-state index contributed by atoms with van der Waals surface area (Å²) in [5.74, 6) is -0.204. The van der Waals surface area contributed by atoms with Crippen LogP contribution in [0.5, 0.6) is 0 Å². The first-order chi connectivity index (χ1) is 9.02. The maximum atomic E-state index is 11.8. The second-order valence-electron chi connectivity index (χ2n) is 4.28. The number of hydrogen-bond donors (Lipinski definition) is 3.